The molecule has 1 aromatic carbocycles. The predicted molar refractivity (Wildman–Crippen MR) is 154 cm³/mol. The van der Waals surface area contributed by atoms with E-state index in [1.807, 2.05) is 0 Å². The van der Waals surface area contributed by atoms with Crippen LogP contribution >= 0.6 is 0 Å². The Morgan fingerprint density at radius 2 is 1.65 bits per heavy atom. The van der Waals surface area contributed by atoms with Crippen molar-refractivity contribution in [2.45, 2.75) is 110 Å². The Morgan fingerprint density at radius 1 is 1.05 bits per heavy atom. The van der Waals surface area contributed by atoms with Crippen molar-refractivity contribution in [1.82, 2.24) is 10.1 Å². The van der Waals surface area contributed by atoms with Gasteiger partial charge in [-0.2, -0.15) is 0 Å². The van der Waals surface area contributed by atoms with E-state index in [1.54, 1.807) is 0 Å². The molecule has 2 heterocycles. The molecule has 1 fully saturated rings. The number of piperidine rings is 1. The summed E-state index contributed by atoms with van der Waals surface area (Å²) < 4.78 is 19.4. The largest absolute Gasteiger partial charge is 0.543 e. The van der Waals surface area contributed by atoms with Gasteiger partial charge in [-0.05, 0) is 80.0 Å². The number of hydrogen-bond donors (Lipinski definition) is 1. The summed E-state index contributed by atoms with van der Waals surface area (Å²) in [6.45, 7) is 24.2. The standard InChI is InChI=1S/C28H48N2O5Si2/c1-27(2,3)36(7,8)33-19-22-24(35-37(9,10)28(4,5)6)14-12-21-23(29-34-25(21)22)13-11-20-15-17-30(18-16-20)26(31)32/h12,14,20H,11,13,15-19H2,1-10H3,(H,31,32). The maximum Gasteiger partial charge on any atom is 0.407 e. The second-order valence-corrected chi connectivity index (χ2v) is 23.2. The van der Waals surface area contributed by atoms with E-state index < -0.39 is 22.7 Å². The van der Waals surface area contributed by atoms with Crippen LogP contribution in [-0.4, -0.2) is 51.0 Å². The minimum Gasteiger partial charge on any atom is -0.543 e. The van der Waals surface area contributed by atoms with Crippen LogP contribution in [0.3, 0.4) is 0 Å². The molecule has 9 heteroatoms. The van der Waals surface area contributed by atoms with Crippen molar-refractivity contribution in [2.75, 3.05) is 13.1 Å². The van der Waals surface area contributed by atoms with E-state index in [1.165, 1.54) is 4.90 Å². The van der Waals surface area contributed by atoms with Crippen molar-refractivity contribution in [3.63, 3.8) is 0 Å². The van der Waals surface area contributed by atoms with Crippen molar-refractivity contribution < 1.29 is 23.3 Å². The van der Waals surface area contributed by atoms with Gasteiger partial charge in [-0.15, -0.1) is 0 Å². The molecular formula is C28H48N2O5Si2. The van der Waals surface area contributed by atoms with Gasteiger partial charge in [0.1, 0.15) is 5.75 Å². The van der Waals surface area contributed by atoms with Crippen LogP contribution in [0.2, 0.25) is 36.3 Å². The van der Waals surface area contributed by atoms with Gasteiger partial charge in [0.15, 0.2) is 13.9 Å². The molecule has 7 nitrogen and oxygen atoms in total. The Labute approximate surface area is 225 Å². The number of nitrogens with zero attached hydrogens (tertiary/aromatic N) is 2. The van der Waals surface area contributed by atoms with Crippen LogP contribution in [0.5, 0.6) is 5.75 Å². The zero-order valence-electron chi connectivity index (χ0n) is 24.7. The Balaban J connectivity index is 1.87. The summed E-state index contributed by atoms with van der Waals surface area (Å²) in [6.07, 6.45) is 2.78. The number of carboxylic acid groups (broad SMARTS) is 1. The minimum absolute atomic E-state index is 0.0717. The fourth-order valence-electron chi connectivity index (χ4n) is 4.15. The lowest BCUT2D eigenvalue weighted by molar-refractivity contribution is 0.123. The van der Waals surface area contributed by atoms with E-state index in [9.17, 15) is 9.90 Å². The molecule has 0 saturated carbocycles. The number of fused-ring (bicyclic) bond motifs is 1. The average molecular weight is 549 g/mol. The molecule has 1 aliphatic rings. The zero-order valence-corrected chi connectivity index (χ0v) is 26.7. The highest BCUT2D eigenvalue weighted by Gasteiger charge is 2.41. The quantitative estimate of drug-likeness (QED) is 0.336. The van der Waals surface area contributed by atoms with Crippen molar-refractivity contribution >= 4 is 33.7 Å². The predicted octanol–water partition coefficient (Wildman–Crippen LogP) is 8.06. The van der Waals surface area contributed by atoms with Gasteiger partial charge in [0, 0.05) is 18.5 Å². The number of amides is 1. The van der Waals surface area contributed by atoms with Gasteiger partial charge in [-0.3, -0.25) is 0 Å². The molecule has 1 N–H and O–H groups in total. The second-order valence-electron chi connectivity index (χ2n) is 13.7. The lowest BCUT2D eigenvalue weighted by Crippen LogP contribution is -2.44. The van der Waals surface area contributed by atoms with Crippen LogP contribution in [0.15, 0.2) is 16.7 Å². The van der Waals surface area contributed by atoms with Crippen LogP contribution in [0.1, 0.15) is 72.1 Å². The molecule has 0 atom stereocenters. The van der Waals surface area contributed by atoms with Crippen LogP contribution in [-0.2, 0) is 17.5 Å². The molecule has 0 bridgehead atoms. The summed E-state index contributed by atoms with van der Waals surface area (Å²) in [5.41, 5.74) is 2.69. The molecule has 1 saturated heterocycles. The SMILES string of the molecule is CC(C)(C)[Si](C)(C)OCc1c(O[Si](C)(C)C(C)(C)C)ccc2c(CCC3CCN(C(=O)O)CC3)noc12. The molecule has 0 spiro atoms. The number of likely N-dealkylation sites (tertiary alicyclic amines) is 1. The van der Waals surface area contributed by atoms with Crippen molar-refractivity contribution in [2.24, 2.45) is 5.92 Å². The van der Waals surface area contributed by atoms with Gasteiger partial charge in [-0.1, -0.05) is 46.7 Å². The molecule has 208 valence electrons. The lowest BCUT2D eigenvalue weighted by atomic mass is 9.91. The number of carbonyl (C=O) groups is 1. The number of aryl methyl sites for hydroxylation is 1. The van der Waals surface area contributed by atoms with Gasteiger partial charge < -0.3 is 23.4 Å². The fraction of sp³-hybridized carbons (Fsp3) is 0.714. The van der Waals surface area contributed by atoms with Crippen molar-refractivity contribution in [1.29, 1.82) is 0 Å². The van der Waals surface area contributed by atoms with E-state index in [4.69, 9.17) is 13.4 Å². The highest BCUT2D eigenvalue weighted by molar-refractivity contribution is 6.75. The third-order valence-electron chi connectivity index (χ3n) is 9.00. The number of hydrogen-bond acceptors (Lipinski definition) is 5. The smallest absolute Gasteiger partial charge is 0.407 e. The van der Waals surface area contributed by atoms with Crippen LogP contribution in [0, 0.1) is 5.92 Å². The molecule has 1 aliphatic heterocycles. The Bertz CT molecular complexity index is 1090. The molecule has 2 aromatic rings. The summed E-state index contributed by atoms with van der Waals surface area (Å²) in [6, 6.07) is 4.17. The molecule has 1 amide bonds. The van der Waals surface area contributed by atoms with E-state index >= 15 is 0 Å². The maximum absolute atomic E-state index is 11.2. The lowest BCUT2D eigenvalue weighted by Gasteiger charge is -2.38. The molecule has 3 rings (SSSR count). The van der Waals surface area contributed by atoms with Gasteiger partial charge in [0.2, 0.25) is 8.32 Å². The Hall–Kier alpha value is -1.85. The summed E-state index contributed by atoms with van der Waals surface area (Å²) >= 11 is 0. The zero-order chi connectivity index (χ0) is 27.8. The van der Waals surface area contributed by atoms with Crippen LogP contribution < -0.4 is 4.43 Å². The fourth-order valence-corrected chi connectivity index (χ4v) is 6.14. The molecular weight excluding hydrogens is 500 g/mol. The normalized spacial score (nSPS) is 16.4. The van der Waals surface area contributed by atoms with Gasteiger partial charge >= 0.3 is 6.09 Å². The molecule has 0 radical (unpaired) electrons. The van der Waals surface area contributed by atoms with E-state index in [0.717, 1.165) is 53.7 Å². The first kappa shape index (κ1) is 29.7. The third-order valence-corrected chi connectivity index (χ3v) is 17.8. The van der Waals surface area contributed by atoms with Gasteiger partial charge in [-0.25, -0.2) is 4.79 Å². The van der Waals surface area contributed by atoms with E-state index in [-0.39, 0.29) is 10.1 Å². The number of benzene rings is 1. The Morgan fingerprint density at radius 3 is 2.19 bits per heavy atom. The first-order chi connectivity index (χ1) is 16.9. The van der Waals surface area contributed by atoms with Crippen molar-refractivity contribution in [3.05, 3.63) is 23.4 Å². The summed E-state index contributed by atoms with van der Waals surface area (Å²) in [4.78, 5) is 12.7. The van der Waals surface area contributed by atoms with Crippen LogP contribution in [0.25, 0.3) is 11.0 Å². The summed E-state index contributed by atoms with van der Waals surface area (Å²) in [5, 5.41) is 14.9. The summed E-state index contributed by atoms with van der Waals surface area (Å²) in [5.74, 6) is 1.35. The van der Waals surface area contributed by atoms with Gasteiger partial charge in [0.25, 0.3) is 0 Å². The van der Waals surface area contributed by atoms with Crippen molar-refractivity contribution in [3.8, 4) is 5.75 Å². The average Bonchev–Trinajstić information content (AvgIpc) is 3.18. The summed E-state index contributed by atoms with van der Waals surface area (Å²) in [7, 11) is -4.06. The molecule has 0 aliphatic carbocycles. The highest BCUT2D eigenvalue weighted by atomic mass is 28.4. The first-order valence-corrected chi connectivity index (χ1v) is 19.5. The second kappa shape index (κ2) is 10.7. The first-order valence-electron chi connectivity index (χ1n) is 13.6. The molecule has 0 unspecified atom stereocenters. The number of rotatable bonds is 8. The maximum atomic E-state index is 11.2. The van der Waals surface area contributed by atoms with Gasteiger partial charge in [0.05, 0.1) is 17.9 Å². The monoisotopic (exact) mass is 548 g/mol. The number of aromatic nitrogens is 1. The van der Waals surface area contributed by atoms with E-state index in [0.29, 0.717) is 25.6 Å². The van der Waals surface area contributed by atoms with E-state index in [2.05, 4.69) is 85.0 Å². The molecule has 37 heavy (non-hydrogen) atoms. The third kappa shape index (κ3) is 6.78. The van der Waals surface area contributed by atoms with Crippen LogP contribution in [0.4, 0.5) is 4.79 Å². The minimum atomic E-state index is -2.07. The molecule has 1 aromatic heterocycles. The highest BCUT2D eigenvalue weighted by Crippen LogP contribution is 2.42. The Kier molecular flexibility index (Phi) is 8.61. The topological polar surface area (TPSA) is 85.0 Å².